The second-order valence-electron chi connectivity index (χ2n) is 2.96. The summed E-state index contributed by atoms with van der Waals surface area (Å²) >= 11 is 0. The van der Waals surface area contributed by atoms with Gasteiger partial charge in [-0.3, -0.25) is 14.5 Å². The molecule has 0 spiro atoms. The Labute approximate surface area is 77.6 Å². The summed E-state index contributed by atoms with van der Waals surface area (Å²) in [6.07, 6.45) is 3.19. The summed E-state index contributed by atoms with van der Waals surface area (Å²) in [6.45, 7) is 2.55. The van der Waals surface area contributed by atoms with Crippen molar-refractivity contribution in [3.05, 3.63) is 11.8 Å². The van der Waals surface area contributed by atoms with E-state index in [1.165, 1.54) is 11.0 Å². The lowest BCUT2D eigenvalue weighted by Gasteiger charge is -2.13. The number of hydrogen-bond donors (Lipinski definition) is 1. The first-order valence-electron chi connectivity index (χ1n) is 4.46. The molecular weight excluding hydrogens is 168 g/mol. The number of carbonyl (C=O) groups is 2. The number of rotatable bonds is 4. The largest absolute Gasteiger partial charge is 0.383 e. The fraction of sp³-hybridized carbons (Fsp3) is 0.556. The maximum absolute atomic E-state index is 11.4. The van der Waals surface area contributed by atoms with E-state index < -0.39 is 0 Å². The van der Waals surface area contributed by atoms with Crippen molar-refractivity contribution in [2.24, 2.45) is 0 Å². The van der Waals surface area contributed by atoms with Crippen LogP contribution >= 0.6 is 0 Å². The molecule has 0 radical (unpaired) electrons. The highest BCUT2D eigenvalue weighted by molar-refractivity contribution is 6.15. The van der Waals surface area contributed by atoms with Crippen LogP contribution in [0.1, 0.15) is 19.8 Å². The summed E-state index contributed by atoms with van der Waals surface area (Å²) in [4.78, 5) is 23.9. The number of imide groups is 1. The van der Waals surface area contributed by atoms with E-state index in [0.29, 0.717) is 12.2 Å². The van der Waals surface area contributed by atoms with E-state index in [-0.39, 0.29) is 11.8 Å². The Bertz CT molecular complexity index is 258. The first-order valence-corrected chi connectivity index (χ1v) is 4.46. The van der Waals surface area contributed by atoms with Gasteiger partial charge in [0.15, 0.2) is 0 Å². The van der Waals surface area contributed by atoms with Crippen LogP contribution in [0.4, 0.5) is 0 Å². The molecule has 0 aromatic rings. The van der Waals surface area contributed by atoms with Gasteiger partial charge in [-0.05, 0) is 6.42 Å². The molecule has 13 heavy (non-hydrogen) atoms. The molecule has 1 aliphatic heterocycles. The summed E-state index contributed by atoms with van der Waals surface area (Å²) < 4.78 is 0. The van der Waals surface area contributed by atoms with Crippen molar-refractivity contribution < 1.29 is 9.59 Å². The molecule has 0 saturated heterocycles. The van der Waals surface area contributed by atoms with E-state index in [9.17, 15) is 9.59 Å². The third-order valence-corrected chi connectivity index (χ3v) is 2.01. The third kappa shape index (κ3) is 1.88. The first kappa shape index (κ1) is 9.77. The zero-order valence-corrected chi connectivity index (χ0v) is 7.96. The molecule has 72 valence electrons. The van der Waals surface area contributed by atoms with Crippen LogP contribution in [-0.4, -0.2) is 30.3 Å². The Hall–Kier alpha value is -1.32. The van der Waals surface area contributed by atoms with Gasteiger partial charge in [-0.15, -0.1) is 0 Å². The molecule has 0 aliphatic carbocycles. The minimum Gasteiger partial charge on any atom is -0.383 e. The van der Waals surface area contributed by atoms with Gasteiger partial charge in [0, 0.05) is 19.7 Å². The fourth-order valence-corrected chi connectivity index (χ4v) is 1.22. The molecule has 2 amide bonds. The van der Waals surface area contributed by atoms with Gasteiger partial charge in [0.05, 0.1) is 0 Å². The molecule has 0 fully saturated rings. The van der Waals surface area contributed by atoms with E-state index >= 15 is 0 Å². The average molecular weight is 182 g/mol. The Morgan fingerprint density at radius 2 is 2.15 bits per heavy atom. The van der Waals surface area contributed by atoms with Gasteiger partial charge in [0.25, 0.3) is 11.8 Å². The van der Waals surface area contributed by atoms with Crippen LogP contribution in [0, 0.1) is 0 Å². The molecule has 1 rings (SSSR count). The summed E-state index contributed by atoms with van der Waals surface area (Å²) in [6, 6.07) is 0. The highest BCUT2D eigenvalue weighted by Crippen LogP contribution is 2.10. The van der Waals surface area contributed by atoms with Gasteiger partial charge in [-0.2, -0.15) is 0 Å². The molecule has 1 N–H and O–H groups in total. The minimum absolute atomic E-state index is 0.206. The van der Waals surface area contributed by atoms with Crippen LogP contribution in [0.2, 0.25) is 0 Å². The molecule has 4 heteroatoms. The molecule has 0 atom stereocenters. The number of carbonyl (C=O) groups excluding carboxylic acids is 2. The zero-order chi connectivity index (χ0) is 9.84. The standard InChI is InChI=1S/C9H14N2O2/c1-3-4-5-11-8(12)6-7(10-2)9(11)13/h6,10H,3-5H2,1-2H3. The van der Waals surface area contributed by atoms with Crippen molar-refractivity contribution in [3.63, 3.8) is 0 Å². The summed E-state index contributed by atoms with van der Waals surface area (Å²) in [5, 5.41) is 2.70. The number of unbranched alkanes of at least 4 members (excludes halogenated alkanes) is 1. The van der Waals surface area contributed by atoms with E-state index in [1.54, 1.807) is 7.05 Å². The minimum atomic E-state index is -0.207. The van der Waals surface area contributed by atoms with Gasteiger partial charge in [-0.25, -0.2) is 0 Å². The SMILES string of the molecule is CCCCN1C(=O)C=C(NC)C1=O. The topological polar surface area (TPSA) is 49.4 Å². The average Bonchev–Trinajstić information content (AvgIpc) is 2.39. The van der Waals surface area contributed by atoms with E-state index in [0.717, 1.165) is 12.8 Å². The predicted octanol–water partition coefficient (Wildman–Crippen LogP) is 0.259. The number of amides is 2. The van der Waals surface area contributed by atoms with Gasteiger partial charge < -0.3 is 5.32 Å². The molecule has 1 aliphatic rings. The summed E-state index contributed by atoms with van der Waals surface area (Å²) in [5.41, 5.74) is 0.390. The third-order valence-electron chi connectivity index (χ3n) is 2.01. The highest BCUT2D eigenvalue weighted by Gasteiger charge is 2.29. The fourth-order valence-electron chi connectivity index (χ4n) is 1.22. The number of nitrogens with zero attached hydrogens (tertiary/aromatic N) is 1. The lowest BCUT2D eigenvalue weighted by atomic mass is 10.3. The van der Waals surface area contributed by atoms with E-state index in [4.69, 9.17) is 0 Å². The molecule has 0 saturated carbocycles. The number of nitrogens with one attached hydrogen (secondary N) is 1. The van der Waals surface area contributed by atoms with E-state index in [2.05, 4.69) is 5.32 Å². The molecule has 4 nitrogen and oxygen atoms in total. The normalized spacial score (nSPS) is 16.5. The molecule has 0 unspecified atom stereocenters. The summed E-state index contributed by atoms with van der Waals surface area (Å²) in [5.74, 6) is -0.413. The van der Waals surface area contributed by atoms with Crippen molar-refractivity contribution >= 4 is 11.8 Å². The van der Waals surface area contributed by atoms with Gasteiger partial charge in [0.1, 0.15) is 5.70 Å². The zero-order valence-electron chi connectivity index (χ0n) is 7.96. The Balaban J connectivity index is 2.61. The van der Waals surface area contributed by atoms with Gasteiger partial charge in [0.2, 0.25) is 0 Å². The van der Waals surface area contributed by atoms with Crippen LogP contribution in [0.15, 0.2) is 11.8 Å². The first-order chi connectivity index (χ1) is 6.20. The van der Waals surface area contributed by atoms with Crippen molar-refractivity contribution in [1.29, 1.82) is 0 Å². The Kier molecular flexibility index (Phi) is 3.06. The smallest absolute Gasteiger partial charge is 0.276 e. The van der Waals surface area contributed by atoms with Crippen molar-refractivity contribution in [1.82, 2.24) is 10.2 Å². The second-order valence-corrected chi connectivity index (χ2v) is 2.96. The summed E-state index contributed by atoms with van der Waals surface area (Å²) in [7, 11) is 1.64. The van der Waals surface area contributed by atoms with Crippen LogP contribution in [0.25, 0.3) is 0 Å². The molecule has 0 aromatic carbocycles. The molecule has 1 heterocycles. The van der Waals surface area contributed by atoms with Gasteiger partial charge >= 0.3 is 0 Å². The van der Waals surface area contributed by atoms with Crippen molar-refractivity contribution in [3.8, 4) is 0 Å². The highest BCUT2D eigenvalue weighted by atomic mass is 16.2. The Morgan fingerprint density at radius 1 is 1.46 bits per heavy atom. The molecule has 0 aromatic heterocycles. The van der Waals surface area contributed by atoms with Crippen LogP contribution in [-0.2, 0) is 9.59 Å². The van der Waals surface area contributed by atoms with Gasteiger partial charge in [-0.1, -0.05) is 13.3 Å². The Morgan fingerprint density at radius 3 is 2.62 bits per heavy atom. The lowest BCUT2D eigenvalue weighted by Crippen LogP contribution is -2.33. The van der Waals surface area contributed by atoms with Crippen molar-refractivity contribution in [2.75, 3.05) is 13.6 Å². The molecular formula is C9H14N2O2. The maximum Gasteiger partial charge on any atom is 0.276 e. The van der Waals surface area contributed by atoms with E-state index in [1.807, 2.05) is 6.92 Å². The quantitative estimate of drug-likeness (QED) is 0.634. The maximum atomic E-state index is 11.4. The van der Waals surface area contributed by atoms with Crippen LogP contribution in [0.3, 0.4) is 0 Å². The number of hydrogen-bond acceptors (Lipinski definition) is 3. The second kappa shape index (κ2) is 4.07. The predicted molar refractivity (Wildman–Crippen MR) is 48.8 cm³/mol. The van der Waals surface area contributed by atoms with Crippen molar-refractivity contribution in [2.45, 2.75) is 19.8 Å². The molecule has 0 bridgehead atoms. The van der Waals surface area contributed by atoms with Crippen LogP contribution < -0.4 is 5.32 Å². The number of likely N-dealkylation sites (N-methyl/N-ethyl adjacent to an activating group) is 1. The lowest BCUT2D eigenvalue weighted by molar-refractivity contribution is -0.137. The van der Waals surface area contributed by atoms with Crippen LogP contribution in [0.5, 0.6) is 0 Å². The monoisotopic (exact) mass is 182 g/mol.